The minimum atomic E-state index is -0.521. The fourth-order valence-electron chi connectivity index (χ4n) is 3.78. The van der Waals surface area contributed by atoms with Crippen molar-refractivity contribution in [1.82, 2.24) is 4.90 Å². The number of hydrogen-bond donors (Lipinski definition) is 1. The summed E-state index contributed by atoms with van der Waals surface area (Å²) in [4.78, 5) is 2.46. The summed E-state index contributed by atoms with van der Waals surface area (Å²) in [7, 11) is 2.19. The summed E-state index contributed by atoms with van der Waals surface area (Å²) in [5.74, 6) is 0.0586. The number of piperidine rings is 1. The van der Waals surface area contributed by atoms with Gasteiger partial charge in [-0.25, -0.2) is 4.39 Å². The third-order valence-corrected chi connectivity index (χ3v) is 5.12. The maximum absolute atomic E-state index is 13.6. The fourth-order valence-corrected chi connectivity index (χ4v) is 3.78. The third-order valence-electron chi connectivity index (χ3n) is 5.12. The van der Waals surface area contributed by atoms with Crippen molar-refractivity contribution in [3.63, 3.8) is 0 Å². The van der Waals surface area contributed by atoms with E-state index in [0.29, 0.717) is 17.6 Å². The molecule has 0 spiro atoms. The lowest BCUT2D eigenvalue weighted by molar-refractivity contribution is 0.0355. The molecule has 2 bridgehead atoms. The number of aryl methyl sites for hydroxylation is 1. The second-order valence-corrected chi connectivity index (χ2v) is 6.24. The summed E-state index contributed by atoms with van der Waals surface area (Å²) in [6, 6.07) is 6.34. The Kier molecular flexibility index (Phi) is 3.35. The summed E-state index contributed by atoms with van der Waals surface area (Å²) >= 11 is 0. The van der Waals surface area contributed by atoms with E-state index in [4.69, 9.17) is 0 Å². The molecule has 1 N–H and O–H groups in total. The quantitative estimate of drug-likeness (QED) is 0.886. The van der Waals surface area contributed by atoms with Gasteiger partial charge < -0.3 is 10.0 Å². The molecule has 3 unspecified atom stereocenters. The van der Waals surface area contributed by atoms with Gasteiger partial charge in [0.25, 0.3) is 0 Å². The van der Waals surface area contributed by atoms with Crippen molar-refractivity contribution < 1.29 is 9.50 Å². The lowest BCUT2D eigenvalue weighted by Crippen LogP contribution is -2.41. The van der Waals surface area contributed by atoms with Crippen LogP contribution in [0.1, 0.15) is 42.9 Å². The first-order valence-corrected chi connectivity index (χ1v) is 7.22. The van der Waals surface area contributed by atoms with Gasteiger partial charge in [-0.3, -0.25) is 0 Å². The van der Waals surface area contributed by atoms with Crippen molar-refractivity contribution in [2.24, 2.45) is 5.92 Å². The van der Waals surface area contributed by atoms with E-state index >= 15 is 0 Å². The summed E-state index contributed by atoms with van der Waals surface area (Å²) in [6.07, 6.45) is 4.03. The molecule has 3 rings (SSSR count). The van der Waals surface area contributed by atoms with Crippen molar-refractivity contribution in [2.75, 3.05) is 7.05 Å². The second kappa shape index (κ2) is 4.88. The van der Waals surface area contributed by atoms with E-state index < -0.39 is 6.10 Å². The van der Waals surface area contributed by atoms with Gasteiger partial charge in [-0.2, -0.15) is 0 Å². The molecule has 0 radical (unpaired) electrons. The fraction of sp³-hybridized carbons (Fsp3) is 0.625. The highest BCUT2D eigenvalue weighted by Crippen LogP contribution is 2.42. The molecule has 2 aliphatic rings. The molecule has 3 atom stereocenters. The van der Waals surface area contributed by atoms with Crippen LogP contribution >= 0.6 is 0 Å². The molecule has 3 heteroatoms. The van der Waals surface area contributed by atoms with Crippen LogP contribution in [0.2, 0.25) is 0 Å². The third kappa shape index (κ3) is 2.30. The van der Waals surface area contributed by atoms with Crippen LogP contribution < -0.4 is 0 Å². The van der Waals surface area contributed by atoms with Gasteiger partial charge in [-0.15, -0.1) is 0 Å². The SMILES string of the molecule is Cc1ccc(C(O)C2CC3CCC(C2)N3C)cc1F. The monoisotopic (exact) mass is 263 g/mol. The number of hydrogen-bond acceptors (Lipinski definition) is 2. The highest BCUT2D eigenvalue weighted by Gasteiger charge is 2.40. The first kappa shape index (κ1) is 13.1. The van der Waals surface area contributed by atoms with Crippen molar-refractivity contribution in [2.45, 2.75) is 50.8 Å². The maximum Gasteiger partial charge on any atom is 0.126 e. The van der Waals surface area contributed by atoms with Gasteiger partial charge in [-0.1, -0.05) is 12.1 Å². The van der Waals surface area contributed by atoms with Gasteiger partial charge in [0, 0.05) is 12.1 Å². The average molecular weight is 263 g/mol. The zero-order valence-electron chi connectivity index (χ0n) is 11.6. The van der Waals surface area contributed by atoms with Crippen LogP contribution in [0.4, 0.5) is 4.39 Å². The molecule has 2 nitrogen and oxygen atoms in total. The Morgan fingerprint density at radius 1 is 1.26 bits per heavy atom. The Morgan fingerprint density at radius 3 is 2.47 bits per heavy atom. The minimum absolute atomic E-state index is 0.215. The summed E-state index contributed by atoms with van der Waals surface area (Å²) in [5, 5.41) is 10.5. The largest absolute Gasteiger partial charge is 0.388 e. The Hall–Kier alpha value is -0.930. The molecule has 104 valence electrons. The Morgan fingerprint density at radius 2 is 1.89 bits per heavy atom. The van der Waals surface area contributed by atoms with Crippen molar-refractivity contribution in [3.05, 3.63) is 35.1 Å². The van der Waals surface area contributed by atoms with Crippen molar-refractivity contribution in [1.29, 1.82) is 0 Å². The van der Waals surface area contributed by atoms with E-state index in [0.717, 1.165) is 18.4 Å². The van der Waals surface area contributed by atoms with Gasteiger partial charge in [0.2, 0.25) is 0 Å². The Labute approximate surface area is 114 Å². The van der Waals surface area contributed by atoms with E-state index in [2.05, 4.69) is 11.9 Å². The van der Waals surface area contributed by atoms with Gasteiger partial charge >= 0.3 is 0 Å². The molecule has 2 heterocycles. The minimum Gasteiger partial charge on any atom is -0.388 e. The highest BCUT2D eigenvalue weighted by atomic mass is 19.1. The van der Waals surface area contributed by atoms with Crippen molar-refractivity contribution in [3.8, 4) is 0 Å². The van der Waals surface area contributed by atoms with Crippen LogP contribution in [0.3, 0.4) is 0 Å². The number of fused-ring (bicyclic) bond motifs is 2. The molecule has 2 aliphatic heterocycles. The van der Waals surface area contributed by atoms with Gasteiger partial charge in [0.05, 0.1) is 6.10 Å². The normalized spacial score (nSPS) is 32.5. The lowest BCUT2D eigenvalue weighted by atomic mass is 9.83. The van der Waals surface area contributed by atoms with Crippen LogP contribution in [-0.2, 0) is 0 Å². The van der Waals surface area contributed by atoms with Crippen LogP contribution in [0.15, 0.2) is 18.2 Å². The maximum atomic E-state index is 13.6. The topological polar surface area (TPSA) is 23.5 Å². The first-order chi connectivity index (χ1) is 9.06. The predicted octanol–water partition coefficient (Wildman–Crippen LogP) is 3.04. The van der Waals surface area contributed by atoms with E-state index in [1.54, 1.807) is 13.0 Å². The van der Waals surface area contributed by atoms with Gasteiger partial charge in [-0.05, 0) is 62.8 Å². The predicted molar refractivity (Wildman–Crippen MR) is 73.4 cm³/mol. The molecular weight excluding hydrogens is 241 g/mol. The lowest BCUT2D eigenvalue weighted by Gasteiger charge is -2.38. The molecule has 2 saturated heterocycles. The summed E-state index contributed by atoms with van der Waals surface area (Å²) in [5.41, 5.74) is 1.37. The van der Waals surface area contributed by atoms with Crippen LogP contribution in [0.5, 0.6) is 0 Å². The van der Waals surface area contributed by atoms with E-state index in [1.165, 1.54) is 18.9 Å². The molecule has 2 fully saturated rings. The van der Waals surface area contributed by atoms with Crippen molar-refractivity contribution >= 4 is 0 Å². The van der Waals surface area contributed by atoms with Gasteiger partial charge in [0.1, 0.15) is 5.82 Å². The Balaban J connectivity index is 1.77. The highest BCUT2D eigenvalue weighted by molar-refractivity contribution is 5.25. The molecule has 0 amide bonds. The molecule has 1 aromatic carbocycles. The molecule has 1 aromatic rings. The second-order valence-electron chi connectivity index (χ2n) is 6.24. The first-order valence-electron chi connectivity index (χ1n) is 7.22. The molecular formula is C16H22FNO. The number of benzene rings is 1. The van der Waals surface area contributed by atoms with Gasteiger partial charge in [0.15, 0.2) is 0 Å². The average Bonchev–Trinajstić information content (AvgIpc) is 2.64. The summed E-state index contributed by atoms with van der Waals surface area (Å²) < 4.78 is 13.6. The van der Waals surface area contributed by atoms with E-state index in [9.17, 15) is 9.50 Å². The van der Waals surface area contributed by atoms with Crippen LogP contribution in [-0.4, -0.2) is 29.1 Å². The molecule has 19 heavy (non-hydrogen) atoms. The number of rotatable bonds is 2. The zero-order chi connectivity index (χ0) is 13.6. The smallest absolute Gasteiger partial charge is 0.126 e. The summed E-state index contributed by atoms with van der Waals surface area (Å²) in [6.45, 7) is 1.75. The van der Waals surface area contributed by atoms with E-state index in [-0.39, 0.29) is 11.7 Å². The van der Waals surface area contributed by atoms with Crippen LogP contribution in [0.25, 0.3) is 0 Å². The van der Waals surface area contributed by atoms with Crippen LogP contribution in [0, 0.1) is 18.7 Å². The molecule has 0 saturated carbocycles. The zero-order valence-corrected chi connectivity index (χ0v) is 11.6. The molecule has 0 aromatic heterocycles. The number of nitrogens with zero attached hydrogens (tertiary/aromatic N) is 1. The number of aliphatic hydroxyl groups excluding tert-OH is 1. The Bertz CT molecular complexity index is 462. The number of aliphatic hydroxyl groups is 1. The standard InChI is InChI=1S/C16H22FNO/c1-10-3-4-11(9-15(10)17)16(19)12-7-13-5-6-14(8-12)18(13)2/h3-4,9,12-14,16,19H,5-8H2,1-2H3. The number of halogens is 1. The van der Waals surface area contributed by atoms with E-state index in [1.807, 2.05) is 6.07 Å². The molecule has 0 aliphatic carbocycles.